The van der Waals surface area contributed by atoms with Crippen molar-refractivity contribution in [2.75, 3.05) is 5.32 Å². The Kier molecular flexibility index (Phi) is 6.60. The third-order valence-electron chi connectivity index (χ3n) is 6.02. The maximum atomic E-state index is 13.6. The molecule has 180 valence electrons. The Balaban J connectivity index is 1.52. The van der Waals surface area contributed by atoms with Crippen molar-refractivity contribution in [1.82, 2.24) is 14.8 Å². The molecule has 0 aliphatic carbocycles. The number of pyridine rings is 1. The van der Waals surface area contributed by atoms with Gasteiger partial charge < -0.3 is 5.32 Å². The first-order valence-corrected chi connectivity index (χ1v) is 12.4. The third kappa shape index (κ3) is 4.90. The van der Waals surface area contributed by atoms with Gasteiger partial charge in [0, 0.05) is 20.4 Å². The number of benzene rings is 3. The molecule has 1 amide bonds. The van der Waals surface area contributed by atoms with Crippen molar-refractivity contribution in [2.24, 2.45) is 0 Å². The lowest BCUT2D eigenvalue weighted by Crippen LogP contribution is -2.14. The van der Waals surface area contributed by atoms with Crippen LogP contribution < -0.4 is 5.32 Å². The molecule has 0 saturated carbocycles. The van der Waals surface area contributed by atoms with Crippen LogP contribution in [-0.2, 0) is 6.54 Å². The SMILES string of the molecule is Cc1nn(Cc2ccc(F)cc2)c(C)c1NC(=O)c1cc(-c2ccc(Cl)cc2)nc2ccc(Br)cc12. The van der Waals surface area contributed by atoms with Gasteiger partial charge in [0.15, 0.2) is 0 Å². The van der Waals surface area contributed by atoms with Crippen molar-refractivity contribution in [2.45, 2.75) is 20.4 Å². The van der Waals surface area contributed by atoms with Crippen LogP contribution in [0.3, 0.4) is 0 Å². The van der Waals surface area contributed by atoms with Gasteiger partial charge in [0.25, 0.3) is 5.91 Å². The third-order valence-corrected chi connectivity index (χ3v) is 6.77. The molecule has 2 aromatic heterocycles. The van der Waals surface area contributed by atoms with Crippen molar-refractivity contribution < 1.29 is 9.18 Å². The maximum Gasteiger partial charge on any atom is 0.256 e. The van der Waals surface area contributed by atoms with E-state index in [1.807, 2.05) is 44.2 Å². The molecule has 0 unspecified atom stereocenters. The van der Waals surface area contributed by atoms with Gasteiger partial charge in [-0.05, 0) is 67.9 Å². The number of hydrogen-bond donors (Lipinski definition) is 1. The van der Waals surface area contributed by atoms with Crippen molar-refractivity contribution in [3.8, 4) is 11.3 Å². The number of halogens is 3. The number of anilines is 1. The fraction of sp³-hybridized carbons (Fsp3) is 0.107. The molecule has 1 N–H and O–H groups in total. The minimum Gasteiger partial charge on any atom is -0.319 e. The van der Waals surface area contributed by atoms with Gasteiger partial charge in [-0.2, -0.15) is 5.10 Å². The molecule has 0 bridgehead atoms. The van der Waals surface area contributed by atoms with Crippen LogP contribution >= 0.6 is 27.5 Å². The standard InChI is InChI=1S/C28H21BrClFN4O/c1-16-27(17(2)35(34-16)15-18-3-10-22(31)11-4-18)33-28(36)24-14-26(19-5-8-21(30)9-6-19)32-25-12-7-20(29)13-23(24)25/h3-14H,15H2,1-2H3,(H,33,36). The number of hydrogen-bond acceptors (Lipinski definition) is 3. The Hall–Kier alpha value is -3.55. The summed E-state index contributed by atoms with van der Waals surface area (Å²) in [6.07, 6.45) is 0. The zero-order valence-corrected chi connectivity index (χ0v) is 21.9. The minimum atomic E-state index is -0.283. The van der Waals surface area contributed by atoms with E-state index in [1.165, 1.54) is 12.1 Å². The molecule has 5 aromatic rings. The van der Waals surface area contributed by atoms with Crippen LogP contribution in [0.2, 0.25) is 5.02 Å². The lowest BCUT2D eigenvalue weighted by atomic mass is 10.0. The molecule has 0 fully saturated rings. The van der Waals surface area contributed by atoms with E-state index >= 15 is 0 Å². The van der Waals surface area contributed by atoms with Gasteiger partial charge in [-0.3, -0.25) is 9.48 Å². The van der Waals surface area contributed by atoms with Gasteiger partial charge in [-0.15, -0.1) is 0 Å². The summed E-state index contributed by atoms with van der Waals surface area (Å²) < 4.78 is 15.9. The van der Waals surface area contributed by atoms with E-state index in [-0.39, 0.29) is 11.7 Å². The highest BCUT2D eigenvalue weighted by Crippen LogP contribution is 2.29. The maximum absolute atomic E-state index is 13.6. The molecule has 0 atom stereocenters. The van der Waals surface area contributed by atoms with E-state index in [2.05, 4.69) is 26.3 Å². The van der Waals surface area contributed by atoms with Crippen molar-refractivity contribution in [3.63, 3.8) is 0 Å². The van der Waals surface area contributed by atoms with Crippen LogP contribution in [-0.4, -0.2) is 20.7 Å². The van der Waals surface area contributed by atoms with Crippen LogP contribution in [0.4, 0.5) is 10.1 Å². The Morgan fingerprint density at radius 3 is 2.47 bits per heavy atom. The Morgan fingerprint density at radius 1 is 1.03 bits per heavy atom. The summed E-state index contributed by atoms with van der Waals surface area (Å²) in [4.78, 5) is 18.4. The molecular formula is C28H21BrClFN4O. The molecule has 0 aliphatic heterocycles. The zero-order chi connectivity index (χ0) is 25.4. The molecule has 2 heterocycles. The van der Waals surface area contributed by atoms with Gasteiger partial charge in [-0.25, -0.2) is 9.37 Å². The average Bonchev–Trinajstić information content (AvgIpc) is 3.12. The number of aryl methyl sites for hydroxylation is 1. The normalized spacial score (nSPS) is 11.1. The first kappa shape index (κ1) is 24.2. The predicted molar refractivity (Wildman–Crippen MR) is 145 cm³/mol. The quantitative estimate of drug-likeness (QED) is 0.240. The summed E-state index contributed by atoms with van der Waals surface area (Å²) in [5.41, 5.74) is 5.80. The lowest BCUT2D eigenvalue weighted by molar-refractivity contribution is 0.102. The van der Waals surface area contributed by atoms with E-state index in [9.17, 15) is 9.18 Å². The molecule has 0 saturated heterocycles. The van der Waals surface area contributed by atoms with Gasteiger partial charge >= 0.3 is 0 Å². The average molecular weight is 564 g/mol. The molecule has 5 rings (SSSR count). The number of aromatic nitrogens is 3. The summed E-state index contributed by atoms with van der Waals surface area (Å²) in [7, 11) is 0. The second kappa shape index (κ2) is 9.84. The Morgan fingerprint density at radius 2 is 1.75 bits per heavy atom. The van der Waals surface area contributed by atoms with E-state index in [4.69, 9.17) is 16.6 Å². The summed E-state index contributed by atoms with van der Waals surface area (Å²) in [6, 6.07) is 21.1. The number of carbonyl (C=O) groups is 1. The number of nitrogens with zero attached hydrogens (tertiary/aromatic N) is 3. The van der Waals surface area contributed by atoms with E-state index in [0.717, 1.165) is 26.7 Å². The van der Waals surface area contributed by atoms with Gasteiger partial charge in [-0.1, -0.05) is 51.8 Å². The molecule has 0 spiro atoms. The molecule has 36 heavy (non-hydrogen) atoms. The highest BCUT2D eigenvalue weighted by Gasteiger charge is 2.19. The fourth-order valence-corrected chi connectivity index (χ4v) is 4.62. The number of nitrogens with one attached hydrogen (secondary N) is 1. The second-order valence-electron chi connectivity index (χ2n) is 8.51. The summed E-state index contributed by atoms with van der Waals surface area (Å²) in [5, 5.41) is 9.02. The number of rotatable bonds is 5. The predicted octanol–water partition coefficient (Wildman–Crippen LogP) is 7.57. The smallest absolute Gasteiger partial charge is 0.256 e. The van der Waals surface area contributed by atoms with E-state index in [1.54, 1.807) is 35.0 Å². The monoisotopic (exact) mass is 562 g/mol. The first-order valence-electron chi connectivity index (χ1n) is 11.2. The lowest BCUT2D eigenvalue weighted by Gasteiger charge is -2.12. The number of carbonyl (C=O) groups excluding carboxylic acids is 1. The van der Waals surface area contributed by atoms with Crippen LogP contribution in [0.5, 0.6) is 0 Å². The highest BCUT2D eigenvalue weighted by molar-refractivity contribution is 9.10. The van der Waals surface area contributed by atoms with Crippen LogP contribution in [0, 0.1) is 19.7 Å². The topological polar surface area (TPSA) is 59.8 Å². The summed E-state index contributed by atoms with van der Waals surface area (Å²) in [6.45, 7) is 4.22. The van der Waals surface area contributed by atoms with Gasteiger partial charge in [0.1, 0.15) is 5.82 Å². The number of fused-ring (bicyclic) bond motifs is 1. The van der Waals surface area contributed by atoms with Crippen molar-refractivity contribution in [1.29, 1.82) is 0 Å². The summed E-state index contributed by atoms with van der Waals surface area (Å²) >= 11 is 9.56. The zero-order valence-electron chi connectivity index (χ0n) is 19.5. The first-order chi connectivity index (χ1) is 17.3. The minimum absolute atomic E-state index is 0.261. The van der Waals surface area contributed by atoms with E-state index < -0.39 is 0 Å². The molecule has 8 heteroatoms. The van der Waals surface area contributed by atoms with Crippen LogP contribution in [0.25, 0.3) is 22.2 Å². The van der Waals surface area contributed by atoms with E-state index in [0.29, 0.717) is 39.7 Å². The number of amides is 1. The van der Waals surface area contributed by atoms with Gasteiger partial charge in [0.2, 0.25) is 0 Å². The Bertz CT molecular complexity index is 1600. The second-order valence-corrected chi connectivity index (χ2v) is 9.86. The summed E-state index contributed by atoms with van der Waals surface area (Å²) in [5.74, 6) is -0.544. The largest absolute Gasteiger partial charge is 0.319 e. The fourth-order valence-electron chi connectivity index (χ4n) is 4.13. The highest BCUT2D eigenvalue weighted by atomic mass is 79.9. The molecule has 0 aliphatic rings. The Labute approximate surface area is 221 Å². The molecular weight excluding hydrogens is 543 g/mol. The van der Waals surface area contributed by atoms with Crippen LogP contribution in [0.1, 0.15) is 27.3 Å². The van der Waals surface area contributed by atoms with Crippen LogP contribution in [0.15, 0.2) is 77.3 Å². The molecule has 0 radical (unpaired) electrons. The van der Waals surface area contributed by atoms with Crippen molar-refractivity contribution in [3.05, 3.63) is 111 Å². The van der Waals surface area contributed by atoms with Crippen molar-refractivity contribution >= 4 is 50.0 Å². The molecule has 5 nitrogen and oxygen atoms in total. The molecule has 3 aromatic carbocycles. The van der Waals surface area contributed by atoms with Gasteiger partial charge in [0.05, 0.1) is 40.4 Å².